The van der Waals surface area contributed by atoms with Gasteiger partial charge in [0, 0.05) is 19.9 Å². The van der Waals surface area contributed by atoms with Gasteiger partial charge < -0.3 is 18.8 Å². The molecule has 3 aliphatic rings. The third-order valence-corrected chi connectivity index (χ3v) is 8.64. The molecule has 36 heavy (non-hydrogen) atoms. The van der Waals surface area contributed by atoms with Gasteiger partial charge in [0.25, 0.3) is 0 Å². The maximum Gasteiger partial charge on any atom is 0.458 e. The van der Waals surface area contributed by atoms with Crippen LogP contribution in [0.25, 0.3) is 0 Å². The average molecular weight is 489 g/mol. The molecule has 0 aromatic heterocycles. The van der Waals surface area contributed by atoms with E-state index in [-0.39, 0.29) is 30.5 Å². The summed E-state index contributed by atoms with van der Waals surface area (Å²) >= 11 is 0. The molecule has 0 bridgehead atoms. The number of rotatable bonds is 10. The minimum absolute atomic E-state index is 0.102. The first kappa shape index (κ1) is 25.7. The smallest absolute Gasteiger partial charge is 0.403 e. The first-order valence-corrected chi connectivity index (χ1v) is 13.7. The number of methoxy groups -OCH3 is 2. The van der Waals surface area contributed by atoms with Crippen molar-refractivity contribution in [1.29, 1.82) is 0 Å². The summed E-state index contributed by atoms with van der Waals surface area (Å²) in [6.45, 7) is 0.669. The monoisotopic (exact) mass is 489 g/mol. The lowest BCUT2D eigenvalue weighted by molar-refractivity contribution is -0.153. The van der Waals surface area contributed by atoms with Gasteiger partial charge in [-0.3, -0.25) is 4.99 Å². The molecule has 2 aromatic rings. The maximum atomic E-state index is 6.76. The van der Waals surface area contributed by atoms with Gasteiger partial charge in [0.2, 0.25) is 0 Å². The Hall–Kier alpha value is -1.99. The fourth-order valence-corrected chi connectivity index (χ4v) is 6.56. The van der Waals surface area contributed by atoms with Gasteiger partial charge in [0.1, 0.15) is 0 Å². The van der Waals surface area contributed by atoms with Gasteiger partial charge in [-0.25, -0.2) is 0 Å². The van der Waals surface area contributed by atoms with Crippen molar-refractivity contribution in [1.82, 2.24) is 0 Å². The molecule has 5 nitrogen and oxygen atoms in total. The molecule has 0 unspecified atom stereocenters. The summed E-state index contributed by atoms with van der Waals surface area (Å²) in [5.74, 6) is 0. The van der Waals surface area contributed by atoms with Crippen LogP contribution in [0.1, 0.15) is 68.9 Å². The summed E-state index contributed by atoms with van der Waals surface area (Å²) < 4.78 is 25.9. The van der Waals surface area contributed by atoms with Crippen LogP contribution in [-0.2, 0) is 25.3 Å². The molecule has 0 amide bonds. The standard InChI is InChI=1S/C30H40BNO4/c1-33-29(18-9-10-19-29)27-28(30(34-2)20-11-12-21-30)36-31(35-27)22-17-26(25-15-7-4-8-16-25)32-23-24-13-5-3-6-14-24/h3-8,13-16,27-28H,9-12,17-23H2,1-2H3/t27-,28-/m1/s1. The zero-order valence-corrected chi connectivity index (χ0v) is 21.9. The van der Waals surface area contributed by atoms with Gasteiger partial charge in [-0.05, 0) is 49.6 Å². The second kappa shape index (κ2) is 11.6. The summed E-state index contributed by atoms with van der Waals surface area (Å²) in [6.07, 6.45) is 10.1. The summed E-state index contributed by atoms with van der Waals surface area (Å²) in [4.78, 5) is 5.03. The summed E-state index contributed by atoms with van der Waals surface area (Å²) in [7, 11) is 3.40. The third kappa shape index (κ3) is 5.33. The van der Waals surface area contributed by atoms with Crippen molar-refractivity contribution >= 4 is 12.8 Å². The molecule has 2 atom stereocenters. The SMILES string of the molecule is COC1([C@@H]2OB(CCC(=NCc3ccccc3)c3ccccc3)O[C@H]2C2(OC)CCCC2)CCCC1. The van der Waals surface area contributed by atoms with Crippen molar-refractivity contribution in [3.63, 3.8) is 0 Å². The lowest BCUT2D eigenvalue weighted by atomic mass is 9.81. The van der Waals surface area contributed by atoms with E-state index in [4.69, 9.17) is 23.8 Å². The molecule has 2 saturated carbocycles. The number of benzene rings is 2. The number of ether oxygens (including phenoxy) is 2. The Bertz CT molecular complexity index is 955. The molecule has 0 spiro atoms. The second-order valence-electron chi connectivity index (χ2n) is 10.6. The predicted molar refractivity (Wildman–Crippen MR) is 144 cm³/mol. The molecule has 5 rings (SSSR count). The molecule has 6 heteroatoms. The van der Waals surface area contributed by atoms with Crippen LogP contribution in [-0.4, -0.2) is 50.5 Å². The highest BCUT2D eigenvalue weighted by atomic mass is 16.7. The van der Waals surface area contributed by atoms with Gasteiger partial charge in [-0.2, -0.15) is 0 Å². The van der Waals surface area contributed by atoms with Crippen molar-refractivity contribution in [2.75, 3.05) is 14.2 Å². The maximum absolute atomic E-state index is 6.76. The first-order chi connectivity index (χ1) is 17.7. The van der Waals surface area contributed by atoms with E-state index in [1.54, 1.807) is 0 Å². The molecule has 1 heterocycles. The Morgan fingerprint density at radius 3 is 1.81 bits per heavy atom. The fraction of sp³-hybridized carbons (Fsp3) is 0.567. The third-order valence-electron chi connectivity index (χ3n) is 8.64. The Labute approximate surface area is 216 Å². The largest absolute Gasteiger partial charge is 0.458 e. The topological polar surface area (TPSA) is 49.3 Å². The molecular formula is C30H40BNO4. The summed E-state index contributed by atoms with van der Waals surface area (Å²) in [6, 6.07) is 20.9. The molecule has 1 saturated heterocycles. The minimum atomic E-state index is -0.286. The van der Waals surface area contributed by atoms with E-state index in [1.807, 2.05) is 26.4 Å². The van der Waals surface area contributed by atoms with Crippen LogP contribution < -0.4 is 0 Å². The van der Waals surface area contributed by atoms with E-state index in [0.29, 0.717) is 6.54 Å². The van der Waals surface area contributed by atoms with Crippen LogP contribution >= 0.6 is 0 Å². The number of hydrogen-bond acceptors (Lipinski definition) is 5. The lowest BCUT2D eigenvalue weighted by Crippen LogP contribution is -2.56. The van der Waals surface area contributed by atoms with Crippen LogP contribution in [0.3, 0.4) is 0 Å². The van der Waals surface area contributed by atoms with Gasteiger partial charge in [-0.1, -0.05) is 86.3 Å². The summed E-state index contributed by atoms with van der Waals surface area (Å²) in [5.41, 5.74) is 2.91. The van der Waals surface area contributed by atoms with Crippen LogP contribution in [0.2, 0.25) is 6.32 Å². The molecule has 192 valence electrons. The van der Waals surface area contributed by atoms with E-state index >= 15 is 0 Å². The Kier molecular flexibility index (Phi) is 8.27. The number of nitrogens with zero attached hydrogens (tertiary/aromatic N) is 1. The zero-order valence-electron chi connectivity index (χ0n) is 21.9. The lowest BCUT2D eigenvalue weighted by Gasteiger charge is -2.43. The summed E-state index contributed by atoms with van der Waals surface area (Å²) in [5, 5.41) is 0. The van der Waals surface area contributed by atoms with Crippen molar-refractivity contribution in [3.8, 4) is 0 Å². The predicted octanol–water partition coefficient (Wildman–Crippen LogP) is 6.26. The van der Waals surface area contributed by atoms with Crippen LogP contribution in [0, 0.1) is 0 Å². The van der Waals surface area contributed by atoms with E-state index in [1.165, 1.54) is 31.2 Å². The van der Waals surface area contributed by atoms with Crippen molar-refractivity contribution in [2.24, 2.45) is 4.99 Å². The quantitative estimate of drug-likeness (QED) is 0.292. The van der Waals surface area contributed by atoms with E-state index < -0.39 is 0 Å². The zero-order chi connectivity index (χ0) is 24.8. The average Bonchev–Trinajstić information content (AvgIpc) is 3.70. The Morgan fingerprint density at radius 1 is 0.806 bits per heavy atom. The molecule has 0 N–H and O–H groups in total. The molecular weight excluding hydrogens is 449 g/mol. The molecule has 1 aliphatic heterocycles. The highest BCUT2D eigenvalue weighted by Crippen LogP contribution is 2.48. The highest BCUT2D eigenvalue weighted by Gasteiger charge is 2.59. The van der Waals surface area contributed by atoms with Gasteiger partial charge in [0.15, 0.2) is 0 Å². The van der Waals surface area contributed by atoms with Crippen LogP contribution in [0.4, 0.5) is 0 Å². The van der Waals surface area contributed by atoms with E-state index in [9.17, 15) is 0 Å². The Balaban J connectivity index is 1.35. The van der Waals surface area contributed by atoms with Crippen molar-refractivity contribution in [2.45, 2.75) is 94.1 Å². The van der Waals surface area contributed by atoms with Gasteiger partial charge >= 0.3 is 7.12 Å². The number of hydrogen-bond donors (Lipinski definition) is 0. The fourth-order valence-electron chi connectivity index (χ4n) is 6.56. The molecule has 3 fully saturated rings. The normalized spacial score (nSPS) is 25.5. The highest BCUT2D eigenvalue weighted by molar-refractivity contribution is 6.45. The first-order valence-electron chi connectivity index (χ1n) is 13.7. The molecule has 2 aliphatic carbocycles. The molecule has 2 aromatic carbocycles. The minimum Gasteiger partial charge on any atom is -0.403 e. The second-order valence-corrected chi connectivity index (χ2v) is 10.6. The van der Waals surface area contributed by atoms with Gasteiger partial charge in [0.05, 0.1) is 30.0 Å². The van der Waals surface area contributed by atoms with Crippen LogP contribution in [0.5, 0.6) is 0 Å². The number of aliphatic imine (C=N–C) groups is 1. The van der Waals surface area contributed by atoms with Gasteiger partial charge in [-0.15, -0.1) is 0 Å². The molecule has 0 radical (unpaired) electrons. The van der Waals surface area contributed by atoms with Crippen molar-refractivity contribution in [3.05, 3.63) is 71.8 Å². The van der Waals surface area contributed by atoms with E-state index in [0.717, 1.165) is 49.7 Å². The van der Waals surface area contributed by atoms with E-state index in [2.05, 4.69) is 48.5 Å². The van der Waals surface area contributed by atoms with Crippen molar-refractivity contribution < 1.29 is 18.8 Å². The Morgan fingerprint density at radius 2 is 1.31 bits per heavy atom. The van der Waals surface area contributed by atoms with Crippen LogP contribution in [0.15, 0.2) is 65.7 Å².